The van der Waals surface area contributed by atoms with Crippen LogP contribution in [0.1, 0.15) is 36.9 Å². The lowest BCUT2D eigenvalue weighted by atomic mass is 10.2. The van der Waals surface area contributed by atoms with Crippen molar-refractivity contribution in [3.8, 4) is 0 Å². The number of nitrogens with zero attached hydrogens (tertiary/aromatic N) is 2. The molecule has 0 bridgehead atoms. The standard InChI is InChI=1S/C15H22N2O3S/c1-15(2,3)20-14(19)16(4)11-7-8-17(10-11)13(18)12-6-5-9-21-12/h5-6,9,11H,7-8,10H2,1-4H3/t11-/m1/s1. The highest BCUT2D eigenvalue weighted by molar-refractivity contribution is 7.12. The van der Waals surface area contributed by atoms with Crippen molar-refractivity contribution >= 4 is 23.3 Å². The molecule has 1 atom stereocenters. The number of ether oxygens (including phenoxy) is 1. The molecule has 1 saturated heterocycles. The summed E-state index contributed by atoms with van der Waals surface area (Å²) >= 11 is 1.45. The van der Waals surface area contributed by atoms with Crippen LogP contribution in [0, 0.1) is 0 Å². The molecule has 0 radical (unpaired) electrons. The van der Waals surface area contributed by atoms with Crippen LogP contribution in [0.4, 0.5) is 4.79 Å². The molecule has 21 heavy (non-hydrogen) atoms. The van der Waals surface area contributed by atoms with Crippen molar-refractivity contribution in [1.82, 2.24) is 9.80 Å². The quantitative estimate of drug-likeness (QED) is 0.844. The molecule has 2 rings (SSSR count). The third-order valence-electron chi connectivity index (χ3n) is 3.41. The van der Waals surface area contributed by atoms with E-state index >= 15 is 0 Å². The second kappa shape index (κ2) is 6.05. The zero-order valence-corrected chi connectivity index (χ0v) is 13.8. The number of carbonyl (C=O) groups is 2. The maximum Gasteiger partial charge on any atom is 0.410 e. The van der Waals surface area contributed by atoms with Crippen LogP contribution in [-0.2, 0) is 4.74 Å². The molecule has 0 aliphatic carbocycles. The Morgan fingerprint density at radius 3 is 2.71 bits per heavy atom. The van der Waals surface area contributed by atoms with E-state index in [-0.39, 0.29) is 18.0 Å². The number of amides is 2. The summed E-state index contributed by atoms with van der Waals surface area (Å²) in [6, 6.07) is 3.72. The van der Waals surface area contributed by atoms with Crippen LogP contribution in [0.2, 0.25) is 0 Å². The van der Waals surface area contributed by atoms with Gasteiger partial charge in [-0.3, -0.25) is 4.79 Å². The van der Waals surface area contributed by atoms with Crippen LogP contribution < -0.4 is 0 Å². The minimum Gasteiger partial charge on any atom is -0.444 e. The van der Waals surface area contributed by atoms with Crippen molar-refractivity contribution in [2.24, 2.45) is 0 Å². The van der Waals surface area contributed by atoms with E-state index < -0.39 is 5.60 Å². The maximum absolute atomic E-state index is 12.3. The van der Waals surface area contributed by atoms with E-state index in [9.17, 15) is 9.59 Å². The molecule has 2 amide bonds. The van der Waals surface area contributed by atoms with Crippen molar-refractivity contribution in [3.63, 3.8) is 0 Å². The van der Waals surface area contributed by atoms with E-state index in [1.165, 1.54) is 11.3 Å². The summed E-state index contributed by atoms with van der Waals surface area (Å²) in [6.45, 7) is 6.78. The van der Waals surface area contributed by atoms with Crippen molar-refractivity contribution < 1.29 is 14.3 Å². The average Bonchev–Trinajstić information content (AvgIpc) is 3.06. The SMILES string of the molecule is CN(C(=O)OC(C)(C)C)[C@@H]1CCN(C(=O)c2cccs2)C1. The Labute approximate surface area is 129 Å². The van der Waals surface area contributed by atoms with Gasteiger partial charge in [0.2, 0.25) is 0 Å². The molecule has 0 spiro atoms. The number of hydrogen-bond donors (Lipinski definition) is 0. The largest absolute Gasteiger partial charge is 0.444 e. The predicted octanol–water partition coefficient (Wildman–Crippen LogP) is 2.83. The summed E-state index contributed by atoms with van der Waals surface area (Å²) in [7, 11) is 1.73. The third-order valence-corrected chi connectivity index (χ3v) is 4.27. The lowest BCUT2D eigenvalue weighted by molar-refractivity contribution is 0.0226. The molecule has 0 saturated carbocycles. The predicted molar refractivity (Wildman–Crippen MR) is 82.6 cm³/mol. The van der Waals surface area contributed by atoms with E-state index in [1.807, 2.05) is 38.3 Å². The van der Waals surface area contributed by atoms with Crippen molar-refractivity contribution in [3.05, 3.63) is 22.4 Å². The van der Waals surface area contributed by atoms with Crippen LogP contribution in [-0.4, -0.2) is 53.6 Å². The molecular weight excluding hydrogens is 288 g/mol. The smallest absolute Gasteiger partial charge is 0.410 e. The first kappa shape index (κ1) is 15.8. The molecule has 116 valence electrons. The first-order valence-electron chi connectivity index (χ1n) is 7.06. The topological polar surface area (TPSA) is 49.9 Å². The lowest BCUT2D eigenvalue weighted by Gasteiger charge is -2.28. The molecule has 0 aromatic carbocycles. The van der Waals surface area contributed by atoms with Gasteiger partial charge >= 0.3 is 6.09 Å². The van der Waals surface area contributed by atoms with Crippen LogP contribution in [0.25, 0.3) is 0 Å². The first-order chi connectivity index (χ1) is 9.78. The summed E-state index contributed by atoms with van der Waals surface area (Å²) in [6.07, 6.45) is 0.449. The molecule has 1 aliphatic rings. The second-order valence-electron chi connectivity index (χ2n) is 6.26. The van der Waals surface area contributed by atoms with E-state index in [4.69, 9.17) is 4.74 Å². The third kappa shape index (κ3) is 3.97. The summed E-state index contributed by atoms with van der Waals surface area (Å²) in [4.78, 5) is 28.5. The fourth-order valence-electron chi connectivity index (χ4n) is 2.28. The second-order valence-corrected chi connectivity index (χ2v) is 7.21. The number of thiophene rings is 1. The van der Waals surface area contributed by atoms with Gasteiger partial charge in [-0.1, -0.05) is 6.07 Å². The molecule has 1 aliphatic heterocycles. The summed E-state index contributed by atoms with van der Waals surface area (Å²) in [5, 5.41) is 1.90. The lowest BCUT2D eigenvalue weighted by Crippen LogP contribution is -2.42. The average molecular weight is 310 g/mol. The highest BCUT2D eigenvalue weighted by Crippen LogP contribution is 2.21. The van der Waals surface area contributed by atoms with Crippen LogP contribution in [0.15, 0.2) is 17.5 Å². The number of likely N-dealkylation sites (N-methyl/N-ethyl adjacent to an activating group) is 1. The number of carbonyl (C=O) groups excluding carboxylic acids is 2. The van der Waals surface area contributed by atoms with Gasteiger partial charge in [-0.05, 0) is 38.6 Å². The fraction of sp³-hybridized carbons (Fsp3) is 0.600. The van der Waals surface area contributed by atoms with Crippen molar-refractivity contribution in [2.45, 2.75) is 38.8 Å². The fourth-order valence-corrected chi connectivity index (χ4v) is 2.97. The highest BCUT2D eigenvalue weighted by Gasteiger charge is 2.33. The van der Waals surface area contributed by atoms with Crippen LogP contribution in [0.5, 0.6) is 0 Å². The Hall–Kier alpha value is -1.56. The molecule has 0 N–H and O–H groups in total. The Bertz CT molecular complexity index is 507. The zero-order chi connectivity index (χ0) is 15.6. The molecule has 0 unspecified atom stereocenters. The Kier molecular flexibility index (Phi) is 4.56. The number of hydrogen-bond acceptors (Lipinski definition) is 4. The van der Waals surface area contributed by atoms with Crippen LogP contribution >= 0.6 is 11.3 Å². The molecule has 1 aromatic rings. The van der Waals surface area contributed by atoms with Gasteiger partial charge in [0.15, 0.2) is 0 Å². The van der Waals surface area contributed by atoms with Gasteiger partial charge in [0.25, 0.3) is 5.91 Å². The summed E-state index contributed by atoms with van der Waals surface area (Å²) in [5.74, 6) is 0.0464. The molecule has 6 heteroatoms. The van der Waals surface area contributed by atoms with Gasteiger partial charge in [-0.25, -0.2) is 4.79 Å². The van der Waals surface area contributed by atoms with Crippen LogP contribution in [0.3, 0.4) is 0 Å². The van der Waals surface area contributed by atoms with Gasteiger partial charge in [-0.2, -0.15) is 0 Å². The molecule has 1 fully saturated rings. The molecule has 5 nitrogen and oxygen atoms in total. The highest BCUT2D eigenvalue weighted by atomic mass is 32.1. The normalized spacial score (nSPS) is 18.7. The molecular formula is C15H22N2O3S. The summed E-state index contributed by atoms with van der Waals surface area (Å²) in [5.41, 5.74) is -0.504. The Morgan fingerprint density at radius 1 is 1.43 bits per heavy atom. The first-order valence-corrected chi connectivity index (χ1v) is 7.94. The molecule has 2 heterocycles. The summed E-state index contributed by atoms with van der Waals surface area (Å²) < 4.78 is 5.37. The Morgan fingerprint density at radius 2 is 2.14 bits per heavy atom. The number of likely N-dealkylation sites (tertiary alicyclic amines) is 1. The Balaban J connectivity index is 1.93. The zero-order valence-electron chi connectivity index (χ0n) is 13.0. The van der Waals surface area contributed by atoms with E-state index in [0.717, 1.165) is 11.3 Å². The van der Waals surface area contributed by atoms with E-state index in [0.29, 0.717) is 13.1 Å². The van der Waals surface area contributed by atoms with Gasteiger partial charge in [0.05, 0.1) is 10.9 Å². The van der Waals surface area contributed by atoms with Gasteiger partial charge in [0.1, 0.15) is 5.60 Å². The monoisotopic (exact) mass is 310 g/mol. The van der Waals surface area contributed by atoms with Gasteiger partial charge in [-0.15, -0.1) is 11.3 Å². The number of rotatable bonds is 2. The van der Waals surface area contributed by atoms with Crippen molar-refractivity contribution in [2.75, 3.05) is 20.1 Å². The molecule has 1 aromatic heterocycles. The van der Waals surface area contributed by atoms with Crippen molar-refractivity contribution in [1.29, 1.82) is 0 Å². The van der Waals surface area contributed by atoms with Gasteiger partial charge in [0, 0.05) is 20.1 Å². The minimum atomic E-state index is -0.504. The maximum atomic E-state index is 12.3. The van der Waals surface area contributed by atoms with E-state index in [1.54, 1.807) is 16.8 Å². The van der Waals surface area contributed by atoms with E-state index in [2.05, 4.69) is 0 Å². The van der Waals surface area contributed by atoms with Gasteiger partial charge < -0.3 is 14.5 Å². The minimum absolute atomic E-state index is 0.0174.